The van der Waals surface area contributed by atoms with Crippen LogP contribution in [0.1, 0.15) is 12.5 Å². The molecule has 1 aromatic rings. The maximum absolute atomic E-state index is 5.80. The molecule has 0 saturated heterocycles. The second-order valence-corrected chi connectivity index (χ2v) is 3.81. The number of nitrogens with zero attached hydrogens (tertiary/aromatic N) is 2. The molecule has 0 bridgehead atoms. The summed E-state index contributed by atoms with van der Waals surface area (Å²) < 4.78 is 5.29. The first kappa shape index (κ1) is 12.4. The Morgan fingerprint density at radius 3 is 3.00 bits per heavy atom. The van der Waals surface area contributed by atoms with Crippen molar-refractivity contribution >= 4 is 11.6 Å². The van der Waals surface area contributed by atoms with Gasteiger partial charge in [0.05, 0.1) is 6.61 Å². The first-order valence-electron chi connectivity index (χ1n) is 5.09. The van der Waals surface area contributed by atoms with Crippen molar-refractivity contribution in [1.29, 1.82) is 0 Å². The Kier molecular flexibility index (Phi) is 5.61. The van der Waals surface area contributed by atoms with Gasteiger partial charge >= 0.3 is 0 Å². The molecule has 1 rings (SSSR count). The monoisotopic (exact) mass is 228 g/mol. The van der Waals surface area contributed by atoms with Crippen molar-refractivity contribution in [3.05, 3.63) is 29.0 Å². The number of ether oxygens (including phenoxy) is 1. The highest BCUT2D eigenvalue weighted by atomic mass is 35.5. The number of rotatable bonds is 6. The SMILES string of the molecule is CCOCCN(C)Cc1ccnc(Cl)c1. The average molecular weight is 229 g/mol. The van der Waals surface area contributed by atoms with Crippen LogP contribution in [0.4, 0.5) is 0 Å². The molecule has 0 atom stereocenters. The molecule has 15 heavy (non-hydrogen) atoms. The minimum atomic E-state index is 0.547. The van der Waals surface area contributed by atoms with Gasteiger partial charge in [0.2, 0.25) is 0 Å². The summed E-state index contributed by atoms with van der Waals surface area (Å²) in [5.74, 6) is 0. The summed E-state index contributed by atoms with van der Waals surface area (Å²) in [6, 6.07) is 3.86. The summed E-state index contributed by atoms with van der Waals surface area (Å²) in [7, 11) is 2.06. The van der Waals surface area contributed by atoms with Crippen molar-refractivity contribution in [1.82, 2.24) is 9.88 Å². The third kappa shape index (κ3) is 5.11. The smallest absolute Gasteiger partial charge is 0.129 e. The maximum Gasteiger partial charge on any atom is 0.129 e. The van der Waals surface area contributed by atoms with Gasteiger partial charge in [-0.2, -0.15) is 0 Å². The summed E-state index contributed by atoms with van der Waals surface area (Å²) >= 11 is 5.80. The number of hydrogen-bond acceptors (Lipinski definition) is 3. The number of aromatic nitrogens is 1. The molecule has 4 heteroatoms. The topological polar surface area (TPSA) is 25.4 Å². The van der Waals surface area contributed by atoms with Crippen LogP contribution in [0.2, 0.25) is 5.15 Å². The number of hydrogen-bond donors (Lipinski definition) is 0. The third-order valence-corrected chi connectivity index (χ3v) is 2.27. The summed E-state index contributed by atoms with van der Waals surface area (Å²) in [6.07, 6.45) is 1.73. The summed E-state index contributed by atoms with van der Waals surface area (Å²) in [5.41, 5.74) is 1.17. The number of likely N-dealkylation sites (N-methyl/N-ethyl adjacent to an activating group) is 1. The maximum atomic E-state index is 5.80. The number of halogens is 1. The van der Waals surface area contributed by atoms with Crippen molar-refractivity contribution in [2.24, 2.45) is 0 Å². The highest BCUT2D eigenvalue weighted by Crippen LogP contribution is 2.08. The molecular weight excluding hydrogens is 212 g/mol. The fourth-order valence-corrected chi connectivity index (χ4v) is 1.49. The lowest BCUT2D eigenvalue weighted by Crippen LogP contribution is -2.22. The normalized spacial score (nSPS) is 10.9. The molecule has 0 aliphatic rings. The van der Waals surface area contributed by atoms with Crippen molar-refractivity contribution < 1.29 is 4.74 Å². The second kappa shape index (κ2) is 6.77. The van der Waals surface area contributed by atoms with Crippen LogP contribution < -0.4 is 0 Å². The zero-order chi connectivity index (χ0) is 11.1. The van der Waals surface area contributed by atoms with E-state index in [9.17, 15) is 0 Å². The Balaban J connectivity index is 2.34. The molecule has 0 fully saturated rings. The zero-order valence-electron chi connectivity index (χ0n) is 9.24. The van der Waals surface area contributed by atoms with Gasteiger partial charge in [0, 0.05) is 25.9 Å². The molecule has 0 aliphatic carbocycles. The molecule has 0 N–H and O–H groups in total. The van der Waals surface area contributed by atoms with Gasteiger partial charge in [-0.3, -0.25) is 4.90 Å². The zero-order valence-corrected chi connectivity index (χ0v) is 10.00. The van der Waals surface area contributed by atoms with Crippen LogP contribution >= 0.6 is 11.6 Å². The van der Waals surface area contributed by atoms with Gasteiger partial charge in [0.1, 0.15) is 5.15 Å². The van der Waals surface area contributed by atoms with Gasteiger partial charge in [0.15, 0.2) is 0 Å². The molecule has 3 nitrogen and oxygen atoms in total. The third-order valence-electron chi connectivity index (χ3n) is 2.06. The van der Waals surface area contributed by atoms with Crippen molar-refractivity contribution in [2.75, 3.05) is 26.8 Å². The molecule has 0 saturated carbocycles. The van der Waals surface area contributed by atoms with Crippen LogP contribution in [0.15, 0.2) is 18.3 Å². The highest BCUT2D eigenvalue weighted by molar-refractivity contribution is 6.29. The molecule has 0 unspecified atom stereocenters. The lowest BCUT2D eigenvalue weighted by molar-refractivity contribution is 0.120. The van der Waals surface area contributed by atoms with Gasteiger partial charge in [-0.15, -0.1) is 0 Å². The van der Waals surface area contributed by atoms with E-state index >= 15 is 0 Å². The average Bonchev–Trinajstić information content (AvgIpc) is 2.18. The highest BCUT2D eigenvalue weighted by Gasteiger charge is 2.00. The van der Waals surface area contributed by atoms with E-state index in [1.807, 2.05) is 19.1 Å². The molecular formula is C11H17ClN2O. The molecule has 0 aromatic carbocycles. The van der Waals surface area contributed by atoms with Gasteiger partial charge < -0.3 is 4.74 Å². The van der Waals surface area contributed by atoms with E-state index in [0.29, 0.717) is 5.15 Å². The van der Waals surface area contributed by atoms with Gasteiger partial charge in [-0.1, -0.05) is 11.6 Å². The fourth-order valence-electron chi connectivity index (χ4n) is 1.30. The van der Waals surface area contributed by atoms with Crippen LogP contribution in [0.3, 0.4) is 0 Å². The van der Waals surface area contributed by atoms with Crippen molar-refractivity contribution in [3.63, 3.8) is 0 Å². The lowest BCUT2D eigenvalue weighted by Gasteiger charge is -2.16. The fraction of sp³-hybridized carbons (Fsp3) is 0.545. The summed E-state index contributed by atoms with van der Waals surface area (Å²) in [4.78, 5) is 6.14. The van der Waals surface area contributed by atoms with Crippen molar-refractivity contribution in [2.45, 2.75) is 13.5 Å². The van der Waals surface area contributed by atoms with Crippen LogP contribution in [0.25, 0.3) is 0 Å². The van der Waals surface area contributed by atoms with E-state index in [1.165, 1.54) is 5.56 Å². The van der Waals surface area contributed by atoms with Crippen LogP contribution in [-0.4, -0.2) is 36.7 Å². The van der Waals surface area contributed by atoms with Gasteiger partial charge in [-0.25, -0.2) is 4.98 Å². The Labute approximate surface area is 96.0 Å². The van der Waals surface area contributed by atoms with Crippen LogP contribution in [0, 0.1) is 0 Å². The molecule has 0 radical (unpaired) electrons. The Morgan fingerprint density at radius 2 is 2.33 bits per heavy atom. The molecule has 84 valence electrons. The minimum Gasteiger partial charge on any atom is -0.380 e. The second-order valence-electron chi connectivity index (χ2n) is 3.42. The molecule has 1 heterocycles. The van der Waals surface area contributed by atoms with E-state index in [1.54, 1.807) is 6.20 Å². The summed E-state index contributed by atoms with van der Waals surface area (Å²) in [6.45, 7) is 5.34. The van der Waals surface area contributed by atoms with Crippen LogP contribution in [-0.2, 0) is 11.3 Å². The largest absolute Gasteiger partial charge is 0.380 e. The Morgan fingerprint density at radius 1 is 1.53 bits per heavy atom. The molecule has 0 spiro atoms. The molecule has 1 aromatic heterocycles. The quantitative estimate of drug-likeness (QED) is 0.552. The van der Waals surface area contributed by atoms with E-state index in [2.05, 4.69) is 16.9 Å². The Bertz CT molecular complexity index is 294. The molecule has 0 amide bonds. The predicted molar refractivity (Wildman–Crippen MR) is 62.1 cm³/mol. The van der Waals surface area contributed by atoms with Crippen molar-refractivity contribution in [3.8, 4) is 0 Å². The Hall–Kier alpha value is -0.640. The van der Waals surface area contributed by atoms with Gasteiger partial charge in [0.25, 0.3) is 0 Å². The first-order chi connectivity index (χ1) is 7.22. The van der Waals surface area contributed by atoms with E-state index < -0.39 is 0 Å². The first-order valence-corrected chi connectivity index (χ1v) is 5.47. The summed E-state index contributed by atoms with van der Waals surface area (Å²) in [5, 5.41) is 0.547. The van der Waals surface area contributed by atoms with Crippen LogP contribution in [0.5, 0.6) is 0 Å². The minimum absolute atomic E-state index is 0.547. The van der Waals surface area contributed by atoms with Gasteiger partial charge in [-0.05, 0) is 31.7 Å². The van der Waals surface area contributed by atoms with E-state index in [-0.39, 0.29) is 0 Å². The number of pyridine rings is 1. The molecule has 0 aliphatic heterocycles. The standard InChI is InChI=1S/C11H17ClN2O/c1-3-15-7-6-14(2)9-10-4-5-13-11(12)8-10/h4-5,8H,3,6-7,9H2,1-2H3. The van der Waals surface area contributed by atoms with E-state index in [0.717, 1.165) is 26.3 Å². The van der Waals surface area contributed by atoms with E-state index in [4.69, 9.17) is 16.3 Å². The predicted octanol–water partition coefficient (Wildman–Crippen LogP) is 2.20. The lowest BCUT2D eigenvalue weighted by atomic mass is 10.2.